The summed E-state index contributed by atoms with van der Waals surface area (Å²) in [6.45, 7) is 0.395. The molecule has 0 unspecified atom stereocenters. The number of nitrogens with zero attached hydrogens (tertiary/aromatic N) is 2. The van der Waals surface area contributed by atoms with Gasteiger partial charge in [0.1, 0.15) is 17.3 Å². The maximum absolute atomic E-state index is 14.8. The van der Waals surface area contributed by atoms with Crippen molar-refractivity contribution in [1.29, 1.82) is 0 Å². The van der Waals surface area contributed by atoms with Crippen LogP contribution in [0.1, 0.15) is 11.1 Å². The lowest BCUT2D eigenvalue weighted by Gasteiger charge is -2.26. The molecule has 0 atom stereocenters. The van der Waals surface area contributed by atoms with Gasteiger partial charge in [0, 0.05) is 36.5 Å². The number of nitrogens with one attached hydrogen (secondary N) is 1. The highest BCUT2D eigenvalue weighted by Crippen LogP contribution is 2.35. The van der Waals surface area contributed by atoms with Crippen LogP contribution in [-0.4, -0.2) is 55.9 Å². The van der Waals surface area contributed by atoms with Gasteiger partial charge in [-0.15, -0.1) is 23.2 Å². The Morgan fingerprint density at radius 2 is 1.83 bits per heavy atom. The first-order chi connectivity index (χ1) is 16.6. The molecule has 0 saturated carbocycles. The second-order valence-electron chi connectivity index (χ2n) is 6.87. The van der Waals surface area contributed by atoms with Crippen LogP contribution in [0.3, 0.4) is 0 Å². The van der Waals surface area contributed by atoms with Crippen LogP contribution < -0.4 is 10.1 Å². The zero-order chi connectivity index (χ0) is 26.0. The van der Waals surface area contributed by atoms with Gasteiger partial charge in [0.15, 0.2) is 0 Å². The van der Waals surface area contributed by atoms with E-state index in [-0.39, 0.29) is 53.5 Å². The van der Waals surface area contributed by atoms with Crippen molar-refractivity contribution < 1.29 is 31.8 Å². The Balaban J connectivity index is 2.67. The van der Waals surface area contributed by atoms with Gasteiger partial charge in [-0.3, -0.25) is 0 Å². The van der Waals surface area contributed by atoms with Gasteiger partial charge in [-0.25, -0.2) is 14.2 Å². The first-order valence-corrected chi connectivity index (χ1v) is 11.2. The van der Waals surface area contributed by atoms with Gasteiger partial charge in [-0.1, -0.05) is 12.1 Å². The first-order valence-electron chi connectivity index (χ1n) is 10.2. The van der Waals surface area contributed by atoms with Crippen molar-refractivity contribution in [3.63, 3.8) is 0 Å². The van der Waals surface area contributed by atoms with Gasteiger partial charge < -0.3 is 19.7 Å². The Labute approximate surface area is 210 Å². The van der Waals surface area contributed by atoms with Crippen LogP contribution >= 0.6 is 23.2 Å². The number of esters is 1. The molecule has 0 aliphatic heterocycles. The van der Waals surface area contributed by atoms with E-state index in [4.69, 9.17) is 27.9 Å². The van der Waals surface area contributed by atoms with E-state index in [2.05, 4.69) is 15.0 Å². The predicted octanol–water partition coefficient (Wildman–Crippen LogP) is 5.92. The number of carbonyl (C=O) groups excluding carboxylic acids is 1. The number of rotatable bonds is 9. The summed E-state index contributed by atoms with van der Waals surface area (Å²) in [6, 6.07) is 6.98. The molecule has 0 heterocycles. The number of hydrogen-bond donors (Lipinski definition) is 1. The second-order valence-corrected chi connectivity index (χ2v) is 7.63. The normalized spacial score (nSPS) is 12.1. The Bertz CT molecular complexity index is 1070. The SMILES string of the molecule is COC(=O)/C=C/c1cccc(F)c1N=C(Nc1cc(C(F)(F)F)ccc1OC)N(CCCl)CCCl. The number of aliphatic imine (C=N–C) groups is 1. The fourth-order valence-corrected chi connectivity index (χ4v) is 3.33. The number of hydrogen-bond acceptors (Lipinski definition) is 4. The molecule has 0 radical (unpaired) electrons. The molecule has 2 rings (SSSR count). The average molecular weight is 536 g/mol. The number of para-hydroxylation sites is 1. The summed E-state index contributed by atoms with van der Waals surface area (Å²) in [4.78, 5) is 17.4. The number of alkyl halides is 5. The Morgan fingerprint density at radius 3 is 2.40 bits per heavy atom. The van der Waals surface area contributed by atoms with Crippen LogP contribution in [0.4, 0.5) is 28.9 Å². The van der Waals surface area contributed by atoms with Crippen molar-refractivity contribution in [2.24, 2.45) is 4.99 Å². The highest BCUT2D eigenvalue weighted by atomic mass is 35.5. The highest BCUT2D eigenvalue weighted by molar-refractivity contribution is 6.18. The molecule has 35 heavy (non-hydrogen) atoms. The minimum absolute atomic E-state index is 0.0262. The van der Waals surface area contributed by atoms with Crippen molar-refractivity contribution in [3.05, 3.63) is 59.4 Å². The van der Waals surface area contributed by atoms with E-state index < -0.39 is 23.5 Å². The van der Waals surface area contributed by atoms with Crippen molar-refractivity contribution >= 4 is 52.6 Å². The molecule has 1 N–H and O–H groups in total. The number of guanidine groups is 1. The van der Waals surface area contributed by atoms with E-state index in [1.807, 2.05) is 0 Å². The van der Waals surface area contributed by atoms with E-state index in [0.29, 0.717) is 0 Å². The smallest absolute Gasteiger partial charge is 0.416 e. The van der Waals surface area contributed by atoms with E-state index in [0.717, 1.165) is 30.3 Å². The Morgan fingerprint density at radius 1 is 1.14 bits per heavy atom. The molecule has 0 bridgehead atoms. The second kappa shape index (κ2) is 13.2. The summed E-state index contributed by atoms with van der Waals surface area (Å²) in [5.74, 6) is -1.07. The summed E-state index contributed by atoms with van der Waals surface area (Å²) >= 11 is 11.8. The van der Waals surface area contributed by atoms with Gasteiger partial charge in [-0.2, -0.15) is 13.2 Å². The summed E-state index contributed by atoms with van der Waals surface area (Å²) in [6.07, 6.45) is -2.21. The molecule has 190 valence electrons. The zero-order valence-corrected chi connectivity index (χ0v) is 20.3. The van der Waals surface area contributed by atoms with Crippen molar-refractivity contribution in [2.75, 3.05) is 44.4 Å². The highest BCUT2D eigenvalue weighted by Gasteiger charge is 2.31. The third kappa shape index (κ3) is 8.03. The van der Waals surface area contributed by atoms with Gasteiger partial charge >= 0.3 is 12.1 Å². The van der Waals surface area contributed by atoms with E-state index >= 15 is 0 Å². The summed E-state index contributed by atoms with van der Waals surface area (Å²) in [5.41, 5.74) is -0.926. The minimum Gasteiger partial charge on any atom is -0.495 e. The van der Waals surface area contributed by atoms with E-state index in [9.17, 15) is 22.4 Å². The van der Waals surface area contributed by atoms with E-state index in [1.165, 1.54) is 32.4 Å². The summed E-state index contributed by atoms with van der Waals surface area (Å²) in [5, 5.41) is 2.81. The largest absolute Gasteiger partial charge is 0.495 e. The summed E-state index contributed by atoms with van der Waals surface area (Å²) in [7, 11) is 2.49. The molecule has 0 fully saturated rings. The number of ether oxygens (including phenoxy) is 2. The van der Waals surface area contributed by atoms with Crippen LogP contribution in [0.5, 0.6) is 5.75 Å². The molecule has 6 nitrogen and oxygen atoms in total. The third-order valence-electron chi connectivity index (χ3n) is 4.62. The standard InChI is InChI=1S/C23H23Cl2F4N3O3/c1-34-19-8-7-16(23(27,28)29)14-18(19)30-22(32(12-10-24)13-11-25)31-21-15(4-3-5-17(21)26)6-9-20(33)35-2/h3-9,14H,10-13H2,1-2H3,(H,30,31)/b9-6+. The maximum atomic E-state index is 14.8. The maximum Gasteiger partial charge on any atom is 0.416 e. The monoisotopic (exact) mass is 535 g/mol. The lowest BCUT2D eigenvalue weighted by atomic mass is 10.1. The van der Waals surface area contributed by atoms with Gasteiger partial charge in [0.2, 0.25) is 5.96 Å². The third-order valence-corrected chi connectivity index (χ3v) is 4.96. The molecule has 2 aromatic rings. The van der Waals surface area contributed by atoms with E-state index in [1.54, 1.807) is 4.90 Å². The molecular formula is C23H23Cl2F4N3O3. The lowest BCUT2D eigenvalue weighted by Crippen LogP contribution is -2.39. The van der Waals surface area contributed by atoms with Crippen molar-refractivity contribution in [3.8, 4) is 5.75 Å². The predicted molar refractivity (Wildman–Crippen MR) is 129 cm³/mol. The number of carbonyl (C=O) groups is 1. The van der Waals surface area contributed by atoms with Gasteiger partial charge in [0.25, 0.3) is 0 Å². The molecule has 0 aliphatic carbocycles. The summed E-state index contributed by atoms with van der Waals surface area (Å²) < 4.78 is 64.6. The Hall–Kier alpha value is -2.98. The molecule has 0 saturated heterocycles. The molecule has 0 aliphatic rings. The van der Waals surface area contributed by atoms with Crippen LogP contribution in [0, 0.1) is 5.82 Å². The number of methoxy groups -OCH3 is 2. The number of anilines is 1. The molecule has 0 spiro atoms. The lowest BCUT2D eigenvalue weighted by molar-refractivity contribution is -0.137. The van der Waals surface area contributed by atoms with Crippen LogP contribution in [0.15, 0.2) is 47.5 Å². The van der Waals surface area contributed by atoms with Crippen LogP contribution in [0.25, 0.3) is 6.08 Å². The fraction of sp³-hybridized carbons (Fsp3) is 0.304. The van der Waals surface area contributed by atoms with Gasteiger partial charge in [0.05, 0.1) is 25.5 Å². The topological polar surface area (TPSA) is 63.2 Å². The van der Waals surface area contributed by atoms with Crippen molar-refractivity contribution in [1.82, 2.24) is 4.90 Å². The molecule has 0 aromatic heterocycles. The number of halogens is 6. The zero-order valence-electron chi connectivity index (χ0n) is 18.8. The van der Waals surface area contributed by atoms with Crippen LogP contribution in [0.2, 0.25) is 0 Å². The molecule has 12 heteroatoms. The Kier molecular flexibility index (Phi) is 10.7. The van der Waals surface area contributed by atoms with Gasteiger partial charge in [-0.05, 0) is 30.3 Å². The first kappa shape index (κ1) is 28.3. The van der Waals surface area contributed by atoms with Crippen LogP contribution in [-0.2, 0) is 15.7 Å². The quantitative estimate of drug-likeness (QED) is 0.108. The number of benzene rings is 2. The molecule has 0 amide bonds. The minimum atomic E-state index is -4.61. The molecular weight excluding hydrogens is 513 g/mol. The van der Waals surface area contributed by atoms with Crippen molar-refractivity contribution in [2.45, 2.75) is 6.18 Å². The molecule has 2 aromatic carbocycles. The fourth-order valence-electron chi connectivity index (χ4n) is 2.92. The average Bonchev–Trinajstić information content (AvgIpc) is 2.82.